The molecular weight excluding hydrogens is 410 g/mol. The lowest BCUT2D eigenvalue weighted by Crippen LogP contribution is -2.36. The average Bonchev–Trinajstić information content (AvgIpc) is 3.51. The molecule has 10 heteroatoms. The van der Waals surface area contributed by atoms with Crippen LogP contribution >= 0.6 is 0 Å². The first-order valence-corrected chi connectivity index (χ1v) is 10.8. The first-order valence-electron chi connectivity index (χ1n) is 10.8. The number of carbonyl (C=O) groups excluding carboxylic acids is 1. The number of likely N-dealkylation sites (tertiary alicyclic amines) is 1. The van der Waals surface area contributed by atoms with Gasteiger partial charge in [0.1, 0.15) is 17.3 Å². The van der Waals surface area contributed by atoms with Gasteiger partial charge in [0.2, 0.25) is 0 Å². The molecule has 2 aliphatic rings. The van der Waals surface area contributed by atoms with Gasteiger partial charge in [0.25, 0.3) is 0 Å². The maximum Gasteiger partial charge on any atom is 0.321 e. The molecule has 5 rings (SSSR count). The summed E-state index contributed by atoms with van der Waals surface area (Å²) in [5.74, 6) is 3.88. The molecule has 2 unspecified atom stereocenters. The lowest BCUT2D eigenvalue weighted by atomic mass is 10.0. The minimum atomic E-state index is -0.106. The number of aromatic nitrogens is 4. The normalized spacial score (nSPS) is 20.0. The van der Waals surface area contributed by atoms with Crippen LogP contribution < -0.4 is 19.7 Å². The topological polar surface area (TPSA) is 97.1 Å². The summed E-state index contributed by atoms with van der Waals surface area (Å²) >= 11 is 0. The van der Waals surface area contributed by atoms with Gasteiger partial charge in [-0.2, -0.15) is 4.52 Å². The van der Waals surface area contributed by atoms with Crippen LogP contribution in [0.1, 0.15) is 12.7 Å². The van der Waals surface area contributed by atoms with E-state index in [-0.39, 0.29) is 6.03 Å². The zero-order valence-corrected chi connectivity index (χ0v) is 18.5. The molecule has 3 aromatic rings. The highest BCUT2D eigenvalue weighted by molar-refractivity contribution is 5.91. The number of nitrogens with zero attached hydrogens (tertiary/aromatic N) is 6. The number of carbonyl (C=O) groups is 1. The van der Waals surface area contributed by atoms with Crippen LogP contribution in [0.2, 0.25) is 0 Å². The van der Waals surface area contributed by atoms with Crippen LogP contribution in [0.4, 0.5) is 16.3 Å². The van der Waals surface area contributed by atoms with Crippen LogP contribution in [0.5, 0.6) is 11.5 Å². The van der Waals surface area contributed by atoms with Gasteiger partial charge in [-0.3, -0.25) is 0 Å². The summed E-state index contributed by atoms with van der Waals surface area (Å²) < 4.78 is 12.4. The lowest BCUT2D eigenvalue weighted by Gasteiger charge is -2.23. The van der Waals surface area contributed by atoms with Crippen molar-refractivity contribution in [3.63, 3.8) is 0 Å². The van der Waals surface area contributed by atoms with Crippen molar-refractivity contribution in [2.24, 2.45) is 11.8 Å². The van der Waals surface area contributed by atoms with Crippen LogP contribution in [-0.2, 0) is 6.42 Å². The second-order valence-corrected chi connectivity index (χ2v) is 8.26. The van der Waals surface area contributed by atoms with Crippen molar-refractivity contribution in [3.05, 3.63) is 36.2 Å². The number of ether oxygens (including phenoxy) is 2. The van der Waals surface area contributed by atoms with Crippen molar-refractivity contribution in [1.82, 2.24) is 24.7 Å². The first kappa shape index (κ1) is 20.3. The van der Waals surface area contributed by atoms with E-state index < -0.39 is 0 Å². The predicted octanol–water partition coefficient (Wildman–Crippen LogP) is 2.30. The zero-order chi connectivity index (χ0) is 22.2. The van der Waals surface area contributed by atoms with Gasteiger partial charge in [-0.05, 0) is 24.3 Å². The Morgan fingerprint density at radius 2 is 1.84 bits per heavy atom. The molecule has 2 amide bonds. The van der Waals surface area contributed by atoms with Gasteiger partial charge >= 0.3 is 6.03 Å². The Bertz CT molecular complexity index is 1130. The summed E-state index contributed by atoms with van der Waals surface area (Å²) in [5.41, 5.74) is 1.40. The minimum Gasteiger partial charge on any atom is -0.497 e. The maximum atomic E-state index is 12.9. The molecule has 10 nitrogen and oxygen atoms in total. The highest BCUT2D eigenvalue weighted by atomic mass is 16.5. The molecule has 2 fully saturated rings. The molecule has 2 aliphatic heterocycles. The van der Waals surface area contributed by atoms with Crippen molar-refractivity contribution >= 4 is 23.2 Å². The number of urea groups is 1. The molecule has 0 radical (unpaired) electrons. The van der Waals surface area contributed by atoms with E-state index in [1.807, 2.05) is 28.5 Å². The fraction of sp³-hybridized carbons (Fsp3) is 0.455. The third-order valence-electron chi connectivity index (χ3n) is 6.38. The van der Waals surface area contributed by atoms with Gasteiger partial charge in [-0.25, -0.2) is 4.79 Å². The molecule has 2 saturated heterocycles. The number of amides is 2. The Hall–Kier alpha value is -3.56. The first-order chi connectivity index (χ1) is 15.6. The Morgan fingerprint density at radius 3 is 2.53 bits per heavy atom. The van der Waals surface area contributed by atoms with Crippen molar-refractivity contribution in [1.29, 1.82) is 0 Å². The molecule has 2 atom stereocenters. The SMILES string of the molecule is CCc1nnc2ccc(N3CC4CN(C(=O)Nc5ccc(OC)cc5OC)CC4C3)nn12. The van der Waals surface area contributed by atoms with Gasteiger partial charge in [-0.1, -0.05) is 6.92 Å². The number of hydrogen-bond donors (Lipinski definition) is 1. The largest absolute Gasteiger partial charge is 0.497 e. The summed E-state index contributed by atoms with van der Waals surface area (Å²) in [6.07, 6.45) is 0.784. The lowest BCUT2D eigenvalue weighted by molar-refractivity contribution is 0.219. The van der Waals surface area contributed by atoms with Crippen LogP contribution in [0.25, 0.3) is 5.65 Å². The number of fused-ring (bicyclic) bond motifs is 2. The highest BCUT2D eigenvalue weighted by Crippen LogP contribution is 2.34. The molecule has 168 valence electrons. The second-order valence-electron chi connectivity index (χ2n) is 8.26. The standard InChI is InChI=1S/C22H27N7O3/c1-4-19-24-25-20-7-8-21(26-29(19)20)27-10-14-12-28(13-15(14)11-27)22(30)23-17-6-5-16(31-2)9-18(17)32-3/h5-9,14-15H,4,10-13H2,1-3H3,(H,23,30). The van der Waals surface area contributed by atoms with E-state index in [4.69, 9.17) is 14.6 Å². The monoisotopic (exact) mass is 437 g/mol. The van der Waals surface area contributed by atoms with Crippen molar-refractivity contribution in [3.8, 4) is 11.5 Å². The van der Waals surface area contributed by atoms with E-state index >= 15 is 0 Å². The molecule has 0 bridgehead atoms. The Balaban J connectivity index is 1.23. The van der Waals surface area contributed by atoms with Gasteiger partial charge in [0.05, 0.1) is 19.9 Å². The molecule has 1 N–H and O–H groups in total. The number of nitrogens with one attached hydrogen (secondary N) is 1. The second kappa shape index (κ2) is 8.18. The summed E-state index contributed by atoms with van der Waals surface area (Å²) in [4.78, 5) is 17.1. The van der Waals surface area contributed by atoms with E-state index in [9.17, 15) is 4.79 Å². The Kier molecular flexibility index (Phi) is 5.20. The number of benzene rings is 1. The predicted molar refractivity (Wildman–Crippen MR) is 119 cm³/mol. The third kappa shape index (κ3) is 3.55. The van der Waals surface area contributed by atoms with Crippen LogP contribution in [-0.4, -0.2) is 71.1 Å². The molecule has 32 heavy (non-hydrogen) atoms. The van der Waals surface area contributed by atoms with Crippen LogP contribution in [0.15, 0.2) is 30.3 Å². The fourth-order valence-corrected chi connectivity index (χ4v) is 4.65. The number of anilines is 2. The summed E-state index contributed by atoms with van der Waals surface area (Å²) in [6.45, 7) is 5.25. The van der Waals surface area contributed by atoms with Gasteiger partial charge < -0.3 is 24.6 Å². The third-order valence-corrected chi connectivity index (χ3v) is 6.38. The average molecular weight is 438 g/mol. The molecule has 1 aromatic carbocycles. The van der Waals surface area contributed by atoms with Gasteiger partial charge in [-0.15, -0.1) is 15.3 Å². The fourth-order valence-electron chi connectivity index (χ4n) is 4.65. The summed E-state index contributed by atoms with van der Waals surface area (Å²) in [7, 11) is 3.18. The summed E-state index contributed by atoms with van der Waals surface area (Å²) in [5, 5.41) is 16.1. The quantitative estimate of drug-likeness (QED) is 0.654. The van der Waals surface area contributed by atoms with Crippen molar-refractivity contribution < 1.29 is 14.3 Å². The van der Waals surface area contributed by atoms with Crippen LogP contribution in [0.3, 0.4) is 0 Å². The number of hydrogen-bond acceptors (Lipinski definition) is 7. The Labute approximate surface area is 186 Å². The van der Waals surface area contributed by atoms with Crippen molar-refractivity contribution in [2.75, 3.05) is 50.6 Å². The van der Waals surface area contributed by atoms with E-state index in [2.05, 4.69) is 20.4 Å². The zero-order valence-electron chi connectivity index (χ0n) is 18.5. The number of rotatable bonds is 5. The Morgan fingerprint density at radius 1 is 1.06 bits per heavy atom. The van der Waals surface area contributed by atoms with Crippen LogP contribution in [0, 0.1) is 11.8 Å². The number of aryl methyl sites for hydroxylation is 1. The van der Waals surface area contributed by atoms with Gasteiger partial charge in [0.15, 0.2) is 11.5 Å². The molecule has 0 aliphatic carbocycles. The van der Waals surface area contributed by atoms with E-state index in [0.717, 1.165) is 49.9 Å². The smallest absolute Gasteiger partial charge is 0.321 e. The van der Waals surface area contributed by atoms with E-state index in [1.165, 1.54) is 0 Å². The van der Waals surface area contributed by atoms with Crippen molar-refractivity contribution in [2.45, 2.75) is 13.3 Å². The molecule has 0 spiro atoms. The minimum absolute atomic E-state index is 0.106. The highest BCUT2D eigenvalue weighted by Gasteiger charge is 2.42. The van der Waals surface area contributed by atoms with E-state index in [0.29, 0.717) is 29.0 Å². The molecule has 0 saturated carbocycles. The summed E-state index contributed by atoms with van der Waals surface area (Å²) in [6, 6.07) is 9.22. The maximum absolute atomic E-state index is 12.9. The molecule has 2 aromatic heterocycles. The van der Waals surface area contributed by atoms with E-state index in [1.54, 1.807) is 32.4 Å². The molecular formula is C22H27N7O3. The number of methoxy groups -OCH3 is 2. The molecule has 4 heterocycles. The van der Waals surface area contributed by atoms with Gasteiger partial charge in [0, 0.05) is 50.5 Å².